The van der Waals surface area contributed by atoms with Gasteiger partial charge in [0.2, 0.25) is 0 Å². The summed E-state index contributed by atoms with van der Waals surface area (Å²) < 4.78 is 0. The highest BCUT2D eigenvalue weighted by Crippen LogP contribution is 2.18. The number of carbonyl (C=O) groups excluding carboxylic acids is 1. The van der Waals surface area contributed by atoms with E-state index in [1.165, 1.54) is 6.07 Å². The summed E-state index contributed by atoms with van der Waals surface area (Å²) in [4.78, 5) is 26.6. The van der Waals surface area contributed by atoms with E-state index in [2.05, 4.69) is 20.4 Å². The number of amides is 2. The molecule has 3 heterocycles. The van der Waals surface area contributed by atoms with Gasteiger partial charge in [0.1, 0.15) is 0 Å². The maximum Gasteiger partial charge on any atom is 0.317 e. The molecule has 2 fully saturated rings. The van der Waals surface area contributed by atoms with Gasteiger partial charge in [-0.25, -0.2) is 9.89 Å². The molecule has 1 aromatic heterocycles. The molecule has 0 spiro atoms. The zero-order valence-electron chi connectivity index (χ0n) is 9.22. The Hall–Kier alpha value is -2.05. The summed E-state index contributed by atoms with van der Waals surface area (Å²) in [7, 11) is 0. The van der Waals surface area contributed by atoms with Gasteiger partial charge in [0.15, 0.2) is 0 Å². The van der Waals surface area contributed by atoms with Crippen LogP contribution in [0.15, 0.2) is 17.1 Å². The van der Waals surface area contributed by atoms with Crippen LogP contribution in [0.2, 0.25) is 0 Å². The van der Waals surface area contributed by atoms with Crippen LogP contribution in [-0.2, 0) is 0 Å². The molecule has 2 amide bonds. The van der Waals surface area contributed by atoms with Gasteiger partial charge < -0.3 is 15.1 Å². The molecule has 0 aliphatic carbocycles. The smallest absolute Gasteiger partial charge is 0.317 e. The Morgan fingerprint density at radius 3 is 3.06 bits per heavy atom. The number of aromatic amines is 1. The van der Waals surface area contributed by atoms with Gasteiger partial charge >= 0.3 is 6.03 Å². The van der Waals surface area contributed by atoms with Crippen molar-refractivity contribution in [2.24, 2.45) is 0 Å². The van der Waals surface area contributed by atoms with Crippen molar-refractivity contribution in [1.82, 2.24) is 20.4 Å². The fourth-order valence-corrected chi connectivity index (χ4v) is 2.38. The molecule has 2 aliphatic rings. The largest absolute Gasteiger partial charge is 0.366 e. The van der Waals surface area contributed by atoms with E-state index in [9.17, 15) is 9.59 Å². The first-order chi connectivity index (χ1) is 8.24. The van der Waals surface area contributed by atoms with Crippen LogP contribution in [0.3, 0.4) is 0 Å². The highest BCUT2D eigenvalue weighted by molar-refractivity contribution is 5.77. The van der Waals surface area contributed by atoms with Gasteiger partial charge in [0.05, 0.1) is 17.9 Å². The number of nitrogens with zero attached hydrogens (tertiary/aromatic N) is 3. The van der Waals surface area contributed by atoms with Crippen LogP contribution in [0.1, 0.15) is 0 Å². The SMILES string of the molecule is O=C1NCC2CN(c3cn[nH]c(=O)c3)CCN12. The van der Waals surface area contributed by atoms with E-state index in [0.29, 0.717) is 13.1 Å². The lowest BCUT2D eigenvalue weighted by molar-refractivity contribution is 0.197. The number of rotatable bonds is 1. The fraction of sp³-hybridized carbons (Fsp3) is 0.500. The standard InChI is InChI=1S/C10H13N5O2/c16-9-3-7(5-12-13-9)14-1-2-15-8(6-14)4-11-10(15)17/h3,5,8H,1-2,4,6H2,(H,11,17)(H,13,16). The van der Waals surface area contributed by atoms with E-state index in [0.717, 1.165) is 18.8 Å². The number of anilines is 1. The molecule has 1 aromatic rings. The van der Waals surface area contributed by atoms with Gasteiger partial charge in [0, 0.05) is 32.2 Å². The van der Waals surface area contributed by atoms with E-state index in [4.69, 9.17) is 0 Å². The molecule has 0 aromatic carbocycles. The Balaban J connectivity index is 1.79. The Bertz CT molecular complexity index is 499. The minimum Gasteiger partial charge on any atom is -0.366 e. The zero-order valence-corrected chi connectivity index (χ0v) is 9.22. The number of hydrogen-bond donors (Lipinski definition) is 2. The number of hydrogen-bond acceptors (Lipinski definition) is 4. The molecular formula is C10H13N5O2. The van der Waals surface area contributed by atoms with Crippen molar-refractivity contribution in [1.29, 1.82) is 0 Å². The van der Waals surface area contributed by atoms with Crippen molar-refractivity contribution in [3.63, 3.8) is 0 Å². The highest BCUT2D eigenvalue weighted by Gasteiger charge is 2.35. The number of aromatic nitrogens is 2. The van der Waals surface area contributed by atoms with E-state index in [1.54, 1.807) is 6.20 Å². The molecule has 2 aliphatic heterocycles. The second-order valence-corrected chi connectivity index (χ2v) is 4.28. The molecule has 0 radical (unpaired) electrons. The Kier molecular flexibility index (Phi) is 2.24. The third-order valence-electron chi connectivity index (χ3n) is 3.25. The molecule has 7 nitrogen and oxygen atoms in total. The van der Waals surface area contributed by atoms with E-state index in [-0.39, 0.29) is 17.6 Å². The average molecular weight is 235 g/mol. The lowest BCUT2D eigenvalue weighted by Gasteiger charge is -2.37. The monoisotopic (exact) mass is 235 g/mol. The van der Waals surface area contributed by atoms with Crippen molar-refractivity contribution in [2.75, 3.05) is 31.1 Å². The van der Waals surface area contributed by atoms with Gasteiger partial charge in [-0.05, 0) is 0 Å². The number of nitrogens with one attached hydrogen (secondary N) is 2. The average Bonchev–Trinajstić information content (AvgIpc) is 2.71. The molecular weight excluding hydrogens is 222 g/mol. The van der Waals surface area contributed by atoms with E-state index in [1.807, 2.05) is 4.90 Å². The van der Waals surface area contributed by atoms with Crippen molar-refractivity contribution in [3.05, 3.63) is 22.6 Å². The third kappa shape index (κ3) is 1.73. The zero-order chi connectivity index (χ0) is 11.8. The van der Waals surface area contributed by atoms with Gasteiger partial charge in [-0.1, -0.05) is 0 Å². The first-order valence-electron chi connectivity index (χ1n) is 5.58. The lowest BCUT2D eigenvalue weighted by Crippen LogP contribution is -2.52. The van der Waals surface area contributed by atoms with E-state index < -0.39 is 0 Å². The lowest BCUT2D eigenvalue weighted by atomic mass is 10.2. The Morgan fingerprint density at radius 1 is 1.35 bits per heavy atom. The van der Waals surface area contributed by atoms with Gasteiger partial charge in [-0.15, -0.1) is 0 Å². The van der Waals surface area contributed by atoms with Gasteiger partial charge in [-0.3, -0.25) is 4.79 Å². The minimum atomic E-state index is -0.203. The number of urea groups is 1. The highest BCUT2D eigenvalue weighted by atomic mass is 16.2. The Morgan fingerprint density at radius 2 is 2.24 bits per heavy atom. The first kappa shape index (κ1) is 10.1. The van der Waals surface area contributed by atoms with Crippen LogP contribution < -0.4 is 15.8 Å². The quantitative estimate of drug-likeness (QED) is 0.653. The summed E-state index contributed by atoms with van der Waals surface area (Å²) in [6.07, 6.45) is 1.64. The molecule has 1 atom stereocenters. The molecule has 0 saturated carbocycles. The molecule has 2 N–H and O–H groups in total. The second kappa shape index (κ2) is 3.76. The molecule has 17 heavy (non-hydrogen) atoms. The third-order valence-corrected chi connectivity index (χ3v) is 3.25. The fourth-order valence-electron chi connectivity index (χ4n) is 2.38. The summed E-state index contributed by atoms with van der Waals surface area (Å²) in [6.45, 7) is 2.83. The van der Waals surface area contributed by atoms with E-state index >= 15 is 0 Å². The van der Waals surface area contributed by atoms with Crippen LogP contribution in [0.25, 0.3) is 0 Å². The minimum absolute atomic E-state index is 0.0127. The summed E-state index contributed by atoms with van der Waals surface area (Å²) in [6, 6.07) is 1.74. The molecule has 90 valence electrons. The van der Waals surface area contributed by atoms with Crippen molar-refractivity contribution >= 4 is 11.7 Å². The normalized spacial score (nSPS) is 23.5. The number of piperazine rings is 1. The van der Waals surface area contributed by atoms with Crippen molar-refractivity contribution < 1.29 is 4.79 Å². The maximum atomic E-state index is 11.4. The first-order valence-corrected chi connectivity index (χ1v) is 5.58. The maximum absolute atomic E-state index is 11.4. The van der Waals surface area contributed by atoms with Crippen LogP contribution in [0.5, 0.6) is 0 Å². The summed E-state index contributed by atoms with van der Waals surface area (Å²) in [5, 5.41) is 8.96. The van der Waals surface area contributed by atoms with Gasteiger partial charge in [0.25, 0.3) is 5.56 Å². The molecule has 7 heteroatoms. The second-order valence-electron chi connectivity index (χ2n) is 4.28. The number of fused-ring (bicyclic) bond motifs is 1. The van der Waals surface area contributed by atoms with Crippen molar-refractivity contribution in [3.8, 4) is 0 Å². The molecule has 2 saturated heterocycles. The summed E-state index contributed by atoms with van der Waals surface area (Å²) in [5.41, 5.74) is 0.610. The molecule has 3 rings (SSSR count). The van der Waals surface area contributed by atoms with Crippen LogP contribution in [0.4, 0.5) is 10.5 Å². The summed E-state index contributed by atoms with van der Waals surface area (Å²) >= 11 is 0. The predicted molar refractivity (Wildman–Crippen MR) is 61.0 cm³/mol. The van der Waals surface area contributed by atoms with Crippen LogP contribution in [-0.4, -0.2) is 53.3 Å². The molecule has 0 bridgehead atoms. The van der Waals surface area contributed by atoms with Gasteiger partial charge in [-0.2, -0.15) is 5.10 Å². The summed E-state index contributed by atoms with van der Waals surface area (Å²) in [5.74, 6) is 0. The Labute approximate surface area is 97.4 Å². The van der Waals surface area contributed by atoms with Crippen LogP contribution >= 0.6 is 0 Å². The number of carbonyl (C=O) groups is 1. The van der Waals surface area contributed by atoms with Crippen LogP contribution in [0, 0.1) is 0 Å². The predicted octanol–water partition coefficient (Wildman–Crippen LogP) is -1.02. The number of H-pyrrole nitrogens is 1. The molecule has 1 unspecified atom stereocenters. The van der Waals surface area contributed by atoms with Crippen molar-refractivity contribution in [2.45, 2.75) is 6.04 Å². The topological polar surface area (TPSA) is 81.3 Å².